The highest BCUT2D eigenvalue weighted by atomic mass is 127. The smallest absolute Gasteiger partial charge is 0.329 e. The van der Waals surface area contributed by atoms with Crippen molar-refractivity contribution in [3.05, 3.63) is 33.4 Å². The first-order valence-corrected chi connectivity index (χ1v) is 6.83. The van der Waals surface area contributed by atoms with Crippen LogP contribution < -0.4 is 5.32 Å². The summed E-state index contributed by atoms with van der Waals surface area (Å²) in [6.07, 6.45) is 1.71. The van der Waals surface area contributed by atoms with Gasteiger partial charge in [-0.15, -0.1) is 0 Å². The molecule has 1 aromatic rings. The fourth-order valence-corrected chi connectivity index (χ4v) is 2.57. The van der Waals surface area contributed by atoms with Gasteiger partial charge >= 0.3 is 5.97 Å². The van der Waals surface area contributed by atoms with Gasteiger partial charge in [-0.1, -0.05) is 12.1 Å². The lowest BCUT2D eigenvalue weighted by molar-refractivity contribution is -0.144. The Morgan fingerprint density at radius 1 is 1.39 bits per heavy atom. The third kappa shape index (κ3) is 2.50. The second-order valence-corrected chi connectivity index (χ2v) is 5.88. The number of carbonyl (C=O) groups is 2. The number of hydrogen-bond acceptors (Lipinski definition) is 2. The summed E-state index contributed by atoms with van der Waals surface area (Å²) >= 11 is 2.07. The molecule has 1 amide bonds. The van der Waals surface area contributed by atoms with Gasteiger partial charge in [-0.05, 0) is 60.4 Å². The number of aliphatic carboxylic acids is 1. The zero-order chi connectivity index (χ0) is 13.3. The van der Waals surface area contributed by atoms with Gasteiger partial charge in [-0.25, -0.2) is 4.79 Å². The van der Waals surface area contributed by atoms with E-state index in [4.69, 9.17) is 0 Å². The molecule has 0 aliphatic heterocycles. The molecule has 1 aliphatic carbocycles. The van der Waals surface area contributed by atoms with Crippen LogP contribution in [0.15, 0.2) is 24.3 Å². The fourth-order valence-electron chi connectivity index (χ4n) is 1.94. The largest absolute Gasteiger partial charge is 0.480 e. The van der Waals surface area contributed by atoms with E-state index in [1.165, 1.54) is 0 Å². The quantitative estimate of drug-likeness (QED) is 0.811. The van der Waals surface area contributed by atoms with Crippen LogP contribution in [0.3, 0.4) is 0 Å². The average molecular weight is 359 g/mol. The number of carbonyl (C=O) groups excluding carboxylic acids is 1. The minimum atomic E-state index is -1.16. The van der Waals surface area contributed by atoms with Crippen LogP contribution in [0.1, 0.15) is 30.1 Å². The number of nitrogens with one attached hydrogen (secondary N) is 1. The minimum absolute atomic E-state index is 0.0420. The van der Waals surface area contributed by atoms with Gasteiger partial charge in [0.1, 0.15) is 5.54 Å². The van der Waals surface area contributed by atoms with Crippen LogP contribution in [0.2, 0.25) is 0 Å². The Bertz CT molecular complexity index is 499. The van der Waals surface area contributed by atoms with Gasteiger partial charge in [-0.3, -0.25) is 4.79 Å². The van der Waals surface area contributed by atoms with Crippen molar-refractivity contribution in [2.24, 2.45) is 5.92 Å². The molecule has 1 atom stereocenters. The van der Waals surface area contributed by atoms with Crippen molar-refractivity contribution in [2.75, 3.05) is 0 Å². The molecule has 1 aromatic carbocycles. The van der Waals surface area contributed by atoms with E-state index in [0.717, 1.165) is 16.4 Å². The zero-order valence-corrected chi connectivity index (χ0v) is 12.1. The Morgan fingerprint density at radius 2 is 2.00 bits per heavy atom. The normalized spacial score (nSPS) is 17.9. The maximum atomic E-state index is 12.1. The van der Waals surface area contributed by atoms with Crippen molar-refractivity contribution in [3.63, 3.8) is 0 Å². The summed E-state index contributed by atoms with van der Waals surface area (Å²) in [5.74, 6) is -1.25. The molecule has 1 aliphatic rings. The van der Waals surface area contributed by atoms with E-state index in [1.807, 2.05) is 12.1 Å². The Morgan fingerprint density at radius 3 is 2.50 bits per heavy atom. The van der Waals surface area contributed by atoms with E-state index in [9.17, 15) is 14.7 Å². The van der Waals surface area contributed by atoms with Crippen LogP contribution in [-0.2, 0) is 4.79 Å². The summed E-state index contributed by atoms with van der Waals surface area (Å²) in [6.45, 7) is 1.58. The number of amides is 1. The van der Waals surface area contributed by atoms with E-state index >= 15 is 0 Å². The van der Waals surface area contributed by atoms with Gasteiger partial charge in [-0.2, -0.15) is 0 Å². The third-order valence-electron chi connectivity index (χ3n) is 3.33. The molecule has 4 nitrogen and oxygen atoms in total. The van der Waals surface area contributed by atoms with Crippen molar-refractivity contribution in [1.82, 2.24) is 5.32 Å². The summed E-state index contributed by atoms with van der Waals surface area (Å²) in [5, 5.41) is 12.0. The van der Waals surface area contributed by atoms with Gasteiger partial charge in [0.2, 0.25) is 0 Å². The monoisotopic (exact) mass is 359 g/mol. The van der Waals surface area contributed by atoms with Crippen LogP contribution in [0.5, 0.6) is 0 Å². The number of benzene rings is 1. The first kappa shape index (κ1) is 13.3. The van der Waals surface area contributed by atoms with E-state index in [-0.39, 0.29) is 11.8 Å². The third-order valence-corrected chi connectivity index (χ3v) is 4.27. The van der Waals surface area contributed by atoms with Crippen molar-refractivity contribution >= 4 is 34.5 Å². The Balaban J connectivity index is 2.20. The summed E-state index contributed by atoms with van der Waals surface area (Å²) in [5.41, 5.74) is -0.637. The topological polar surface area (TPSA) is 66.4 Å². The molecule has 1 fully saturated rings. The molecular formula is C13H14INO3. The van der Waals surface area contributed by atoms with Crippen LogP contribution in [-0.4, -0.2) is 22.5 Å². The number of carboxylic acids is 1. The van der Waals surface area contributed by atoms with Gasteiger partial charge in [0, 0.05) is 3.57 Å². The van der Waals surface area contributed by atoms with Crippen LogP contribution >= 0.6 is 22.6 Å². The molecule has 5 heteroatoms. The molecule has 0 saturated heterocycles. The predicted molar refractivity (Wildman–Crippen MR) is 75.4 cm³/mol. The molecule has 0 spiro atoms. The maximum absolute atomic E-state index is 12.1. The van der Waals surface area contributed by atoms with Crippen LogP contribution in [0.4, 0.5) is 0 Å². The van der Waals surface area contributed by atoms with E-state index < -0.39 is 11.5 Å². The molecule has 2 N–H and O–H groups in total. The SMILES string of the molecule is CC(NC(=O)c1ccccc1I)(C(=O)O)C1CC1. The minimum Gasteiger partial charge on any atom is -0.480 e. The summed E-state index contributed by atoms with van der Waals surface area (Å²) in [6, 6.07) is 7.14. The summed E-state index contributed by atoms with van der Waals surface area (Å²) < 4.78 is 0.816. The van der Waals surface area contributed by atoms with E-state index in [2.05, 4.69) is 27.9 Å². The predicted octanol–water partition coefficient (Wildman–Crippen LogP) is 2.27. The number of halogens is 1. The molecule has 0 bridgehead atoms. The molecule has 0 radical (unpaired) electrons. The molecule has 1 saturated carbocycles. The fraction of sp³-hybridized carbons (Fsp3) is 0.385. The molecular weight excluding hydrogens is 345 g/mol. The standard InChI is InChI=1S/C13H14INO3/c1-13(12(17)18,8-6-7-8)15-11(16)9-4-2-3-5-10(9)14/h2-5,8H,6-7H2,1H3,(H,15,16)(H,17,18). The average Bonchev–Trinajstić information content (AvgIpc) is 3.13. The lowest BCUT2D eigenvalue weighted by atomic mass is 9.95. The van der Waals surface area contributed by atoms with Gasteiger partial charge in [0.15, 0.2) is 0 Å². The van der Waals surface area contributed by atoms with Crippen molar-refractivity contribution in [1.29, 1.82) is 0 Å². The zero-order valence-electron chi connectivity index (χ0n) is 9.94. The van der Waals surface area contributed by atoms with Gasteiger partial charge < -0.3 is 10.4 Å². The molecule has 0 aromatic heterocycles. The lowest BCUT2D eigenvalue weighted by Gasteiger charge is -2.26. The number of carboxylic acid groups (broad SMARTS) is 1. The van der Waals surface area contributed by atoms with Crippen LogP contribution in [0, 0.1) is 9.49 Å². The highest BCUT2D eigenvalue weighted by Crippen LogP contribution is 2.39. The van der Waals surface area contributed by atoms with Crippen LogP contribution in [0.25, 0.3) is 0 Å². The maximum Gasteiger partial charge on any atom is 0.329 e. The Hall–Kier alpha value is -1.11. The number of rotatable bonds is 4. The first-order chi connectivity index (χ1) is 8.45. The molecule has 2 rings (SSSR count). The molecule has 1 unspecified atom stereocenters. The Kier molecular flexibility index (Phi) is 3.61. The van der Waals surface area contributed by atoms with Crippen molar-refractivity contribution in [3.8, 4) is 0 Å². The van der Waals surface area contributed by atoms with Gasteiger partial charge in [0.05, 0.1) is 5.56 Å². The Labute approximate surface area is 119 Å². The molecule has 0 heterocycles. The van der Waals surface area contributed by atoms with Crippen molar-refractivity contribution < 1.29 is 14.7 Å². The summed E-state index contributed by atoms with van der Waals surface area (Å²) in [4.78, 5) is 23.5. The second-order valence-electron chi connectivity index (χ2n) is 4.72. The van der Waals surface area contributed by atoms with Crippen molar-refractivity contribution in [2.45, 2.75) is 25.3 Å². The highest BCUT2D eigenvalue weighted by molar-refractivity contribution is 14.1. The lowest BCUT2D eigenvalue weighted by Crippen LogP contribution is -2.54. The second kappa shape index (κ2) is 4.87. The van der Waals surface area contributed by atoms with E-state index in [0.29, 0.717) is 5.56 Å². The summed E-state index contributed by atoms with van der Waals surface area (Å²) in [7, 11) is 0. The number of hydrogen-bond donors (Lipinski definition) is 2. The molecule has 96 valence electrons. The van der Waals surface area contributed by atoms with Gasteiger partial charge in [0.25, 0.3) is 5.91 Å². The van der Waals surface area contributed by atoms with E-state index in [1.54, 1.807) is 19.1 Å². The highest BCUT2D eigenvalue weighted by Gasteiger charge is 2.48. The first-order valence-electron chi connectivity index (χ1n) is 5.75. The molecule has 18 heavy (non-hydrogen) atoms.